The van der Waals surface area contributed by atoms with E-state index in [4.69, 9.17) is 16.7 Å². The van der Waals surface area contributed by atoms with Crippen molar-refractivity contribution in [2.24, 2.45) is 5.92 Å². The van der Waals surface area contributed by atoms with Crippen molar-refractivity contribution in [3.05, 3.63) is 11.1 Å². The molecular formula is C9H17ClO. The van der Waals surface area contributed by atoms with Gasteiger partial charge in [-0.15, -0.1) is 0 Å². The van der Waals surface area contributed by atoms with Crippen molar-refractivity contribution in [3.8, 4) is 0 Å². The van der Waals surface area contributed by atoms with Gasteiger partial charge in [-0.1, -0.05) is 31.9 Å². The van der Waals surface area contributed by atoms with Crippen molar-refractivity contribution in [1.29, 1.82) is 0 Å². The minimum atomic E-state index is 0.0561. The summed E-state index contributed by atoms with van der Waals surface area (Å²) in [5.41, 5.74) is 0. The molecule has 1 N–H and O–H groups in total. The predicted octanol–water partition coefficient (Wildman–Crippen LogP) is 2.93. The number of hydrogen-bond acceptors (Lipinski definition) is 1. The van der Waals surface area contributed by atoms with Gasteiger partial charge in [0.2, 0.25) is 0 Å². The van der Waals surface area contributed by atoms with Crippen LogP contribution in [0.1, 0.15) is 33.1 Å². The van der Waals surface area contributed by atoms with Gasteiger partial charge in [0.05, 0.1) is 6.61 Å². The number of halogens is 1. The lowest BCUT2D eigenvalue weighted by molar-refractivity contribution is 0.342. The number of allylic oxidation sites excluding steroid dienone is 1. The molecule has 0 aliphatic rings. The van der Waals surface area contributed by atoms with Crippen LogP contribution < -0.4 is 0 Å². The van der Waals surface area contributed by atoms with Crippen molar-refractivity contribution in [1.82, 2.24) is 0 Å². The van der Waals surface area contributed by atoms with Crippen LogP contribution >= 0.6 is 11.6 Å². The van der Waals surface area contributed by atoms with Gasteiger partial charge in [-0.25, -0.2) is 0 Å². The molecule has 2 heteroatoms. The second-order valence-corrected chi connectivity index (χ2v) is 3.61. The summed E-state index contributed by atoms with van der Waals surface area (Å²) in [6, 6.07) is 0. The molecule has 11 heavy (non-hydrogen) atoms. The monoisotopic (exact) mass is 176 g/mol. The average molecular weight is 177 g/mol. The number of aliphatic hydroxyl groups excluding tert-OH is 1. The highest BCUT2D eigenvalue weighted by atomic mass is 35.5. The standard InChI is InChI=1S/C9H17ClO/c1-8(2)4-3-5-9(10)6-7-11/h6,8,11H,3-5,7H2,1-2H3/b9-6-. The normalized spacial score (nSPS) is 12.6. The van der Waals surface area contributed by atoms with Crippen LogP contribution in [0.2, 0.25) is 0 Å². The Kier molecular flexibility index (Phi) is 6.68. The smallest absolute Gasteiger partial charge is 0.0626 e. The highest BCUT2D eigenvalue weighted by Gasteiger charge is 1.95. The zero-order valence-corrected chi connectivity index (χ0v) is 8.06. The lowest BCUT2D eigenvalue weighted by atomic mass is 10.1. The van der Waals surface area contributed by atoms with Crippen LogP contribution in [-0.2, 0) is 0 Å². The minimum Gasteiger partial charge on any atom is -0.392 e. The van der Waals surface area contributed by atoms with Crippen LogP contribution in [0, 0.1) is 5.92 Å². The van der Waals surface area contributed by atoms with Crippen molar-refractivity contribution in [2.45, 2.75) is 33.1 Å². The third kappa shape index (κ3) is 7.89. The van der Waals surface area contributed by atoms with Crippen molar-refractivity contribution >= 4 is 11.6 Å². The molecule has 0 fully saturated rings. The Labute approximate surface area is 74.1 Å². The maximum atomic E-state index is 8.48. The second-order valence-electron chi connectivity index (χ2n) is 3.12. The fraction of sp³-hybridized carbons (Fsp3) is 0.778. The summed E-state index contributed by atoms with van der Waals surface area (Å²) < 4.78 is 0. The molecule has 0 aromatic heterocycles. The number of rotatable bonds is 5. The second kappa shape index (κ2) is 6.68. The number of hydrogen-bond donors (Lipinski definition) is 1. The lowest BCUT2D eigenvalue weighted by Gasteiger charge is -2.02. The molecular weight excluding hydrogens is 160 g/mol. The summed E-state index contributed by atoms with van der Waals surface area (Å²) in [5.74, 6) is 0.744. The van der Waals surface area contributed by atoms with Gasteiger partial charge in [-0.3, -0.25) is 0 Å². The van der Waals surface area contributed by atoms with E-state index in [2.05, 4.69) is 13.8 Å². The molecule has 0 radical (unpaired) electrons. The molecule has 0 rings (SSSR count). The van der Waals surface area contributed by atoms with Gasteiger partial charge in [-0.05, 0) is 24.8 Å². The van der Waals surface area contributed by atoms with Crippen molar-refractivity contribution in [3.63, 3.8) is 0 Å². The van der Waals surface area contributed by atoms with E-state index in [1.165, 1.54) is 6.42 Å². The van der Waals surface area contributed by atoms with Crippen LogP contribution in [0.3, 0.4) is 0 Å². The molecule has 0 bridgehead atoms. The Balaban J connectivity index is 3.31. The van der Waals surface area contributed by atoms with Gasteiger partial charge in [0, 0.05) is 5.03 Å². The summed E-state index contributed by atoms with van der Waals surface area (Å²) in [5, 5.41) is 9.27. The van der Waals surface area contributed by atoms with Crippen LogP contribution in [-0.4, -0.2) is 11.7 Å². The molecule has 0 aromatic carbocycles. The molecule has 0 aliphatic carbocycles. The summed E-state index contributed by atoms with van der Waals surface area (Å²) >= 11 is 5.77. The fourth-order valence-electron chi connectivity index (χ4n) is 0.880. The van der Waals surface area contributed by atoms with E-state index < -0.39 is 0 Å². The lowest BCUT2D eigenvalue weighted by Crippen LogP contribution is -1.87. The third-order valence-corrected chi connectivity index (χ3v) is 1.85. The summed E-state index contributed by atoms with van der Waals surface area (Å²) in [6.45, 7) is 4.45. The molecule has 0 aliphatic heterocycles. The zero-order valence-electron chi connectivity index (χ0n) is 7.31. The molecule has 0 atom stereocenters. The van der Waals surface area contributed by atoms with E-state index in [0.717, 1.165) is 23.8 Å². The molecule has 0 amide bonds. The first-order valence-electron chi connectivity index (χ1n) is 4.12. The van der Waals surface area contributed by atoms with Gasteiger partial charge < -0.3 is 5.11 Å². The van der Waals surface area contributed by atoms with E-state index in [9.17, 15) is 0 Å². The van der Waals surface area contributed by atoms with E-state index in [1.807, 2.05) is 0 Å². The van der Waals surface area contributed by atoms with Gasteiger partial charge in [0.1, 0.15) is 0 Å². The van der Waals surface area contributed by atoms with E-state index in [-0.39, 0.29) is 6.61 Å². The first kappa shape index (κ1) is 11.0. The molecule has 0 saturated heterocycles. The quantitative estimate of drug-likeness (QED) is 0.683. The first-order chi connectivity index (χ1) is 5.16. The van der Waals surface area contributed by atoms with Gasteiger partial charge in [0.25, 0.3) is 0 Å². The van der Waals surface area contributed by atoms with Gasteiger partial charge in [-0.2, -0.15) is 0 Å². The molecule has 0 heterocycles. The largest absolute Gasteiger partial charge is 0.392 e. The molecule has 66 valence electrons. The van der Waals surface area contributed by atoms with Gasteiger partial charge in [0.15, 0.2) is 0 Å². The van der Waals surface area contributed by atoms with E-state index in [1.54, 1.807) is 6.08 Å². The average Bonchev–Trinajstić information content (AvgIpc) is 1.87. The molecule has 0 aromatic rings. The Hall–Kier alpha value is -0.0100. The zero-order chi connectivity index (χ0) is 8.69. The molecule has 1 nitrogen and oxygen atoms in total. The summed E-state index contributed by atoms with van der Waals surface area (Å²) in [7, 11) is 0. The molecule has 0 saturated carbocycles. The predicted molar refractivity (Wildman–Crippen MR) is 49.7 cm³/mol. The Bertz CT molecular complexity index is 119. The minimum absolute atomic E-state index is 0.0561. The topological polar surface area (TPSA) is 20.2 Å². The third-order valence-electron chi connectivity index (χ3n) is 1.51. The van der Waals surface area contributed by atoms with E-state index >= 15 is 0 Å². The van der Waals surface area contributed by atoms with Crippen molar-refractivity contribution < 1.29 is 5.11 Å². The summed E-state index contributed by atoms with van der Waals surface area (Å²) in [4.78, 5) is 0. The number of aliphatic hydroxyl groups is 1. The summed E-state index contributed by atoms with van der Waals surface area (Å²) in [6.07, 6.45) is 4.88. The Morgan fingerprint density at radius 2 is 2.18 bits per heavy atom. The van der Waals surface area contributed by atoms with Crippen LogP contribution in [0.5, 0.6) is 0 Å². The van der Waals surface area contributed by atoms with Crippen molar-refractivity contribution in [2.75, 3.05) is 6.61 Å². The Morgan fingerprint density at radius 3 is 2.64 bits per heavy atom. The highest BCUT2D eigenvalue weighted by Crippen LogP contribution is 2.14. The maximum Gasteiger partial charge on any atom is 0.0626 e. The van der Waals surface area contributed by atoms with Crippen LogP contribution in [0.25, 0.3) is 0 Å². The van der Waals surface area contributed by atoms with E-state index in [0.29, 0.717) is 0 Å². The van der Waals surface area contributed by atoms with Crippen LogP contribution in [0.15, 0.2) is 11.1 Å². The SMILES string of the molecule is CC(C)CCC/C(Cl)=C/CO. The maximum absolute atomic E-state index is 8.48. The molecule has 0 unspecified atom stereocenters. The fourth-order valence-corrected chi connectivity index (χ4v) is 1.08. The van der Waals surface area contributed by atoms with Gasteiger partial charge >= 0.3 is 0 Å². The highest BCUT2D eigenvalue weighted by molar-refractivity contribution is 6.29. The first-order valence-corrected chi connectivity index (χ1v) is 4.50. The molecule has 0 spiro atoms. The van der Waals surface area contributed by atoms with Crippen LogP contribution in [0.4, 0.5) is 0 Å². The Morgan fingerprint density at radius 1 is 1.55 bits per heavy atom.